The maximum absolute atomic E-state index is 6.11. The molecule has 1 aromatic rings. The topological polar surface area (TPSA) is 44.5 Å². The summed E-state index contributed by atoms with van der Waals surface area (Å²) in [6, 6.07) is 6.09. The lowest BCUT2D eigenvalue weighted by molar-refractivity contribution is 0.392. The molecule has 0 aliphatic carbocycles. The van der Waals surface area contributed by atoms with Gasteiger partial charge in [-0.3, -0.25) is 0 Å². The highest BCUT2D eigenvalue weighted by Crippen LogP contribution is 2.23. The van der Waals surface area contributed by atoms with Gasteiger partial charge >= 0.3 is 0 Å². The Morgan fingerprint density at radius 3 is 2.00 bits per heavy atom. The van der Waals surface area contributed by atoms with Crippen molar-refractivity contribution in [2.75, 3.05) is 14.2 Å². The predicted molar refractivity (Wildman–Crippen MR) is 70.7 cm³/mol. The van der Waals surface area contributed by atoms with Crippen LogP contribution in [-0.4, -0.2) is 20.3 Å². The monoisotopic (exact) mass is 237 g/mol. The minimum atomic E-state index is 0.187. The number of hydrogen-bond donors (Lipinski definition) is 1. The van der Waals surface area contributed by atoms with Gasteiger partial charge in [-0.05, 0) is 36.5 Å². The average Bonchev–Trinajstić information content (AvgIpc) is 2.27. The van der Waals surface area contributed by atoms with E-state index in [4.69, 9.17) is 15.2 Å². The maximum atomic E-state index is 6.11. The van der Waals surface area contributed by atoms with E-state index in [9.17, 15) is 0 Å². The molecule has 3 heteroatoms. The minimum Gasteiger partial charge on any atom is -0.497 e. The molecule has 1 unspecified atom stereocenters. The standard InChI is InChI=1S/C14H23NO2/c1-10(2)5-12(15)6-11-7-13(16-3)9-14(8-11)17-4/h7-10,12H,5-6,15H2,1-4H3. The Balaban J connectivity index is 2.75. The highest BCUT2D eigenvalue weighted by molar-refractivity contribution is 5.38. The van der Waals surface area contributed by atoms with Gasteiger partial charge in [0.2, 0.25) is 0 Å². The van der Waals surface area contributed by atoms with Crippen LogP contribution in [0.15, 0.2) is 18.2 Å². The Hall–Kier alpha value is -1.22. The molecule has 0 fully saturated rings. The van der Waals surface area contributed by atoms with E-state index in [0.717, 1.165) is 29.9 Å². The van der Waals surface area contributed by atoms with Crippen molar-refractivity contribution in [2.45, 2.75) is 32.7 Å². The third-order valence-electron chi connectivity index (χ3n) is 2.68. The molecule has 0 bridgehead atoms. The van der Waals surface area contributed by atoms with Crippen molar-refractivity contribution in [1.29, 1.82) is 0 Å². The number of nitrogens with two attached hydrogens (primary N) is 1. The summed E-state index contributed by atoms with van der Waals surface area (Å²) < 4.78 is 10.5. The van der Waals surface area contributed by atoms with Crippen LogP contribution < -0.4 is 15.2 Å². The van der Waals surface area contributed by atoms with E-state index in [1.54, 1.807) is 14.2 Å². The molecule has 0 saturated carbocycles. The predicted octanol–water partition coefficient (Wildman–Crippen LogP) is 2.62. The van der Waals surface area contributed by atoms with Crippen molar-refractivity contribution < 1.29 is 9.47 Å². The summed E-state index contributed by atoms with van der Waals surface area (Å²) in [5, 5.41) is 0. The molecule has 0 heterocycles. The summed E-state index contributed by atoms with van der Waals surface area (Å²) in [5.41, 5.74) is 7.27. The van der Waals surface area contributed by atoms with Crippen LogP contribution in [0.25, 0.3) is 0 Å². The van der Waals surface area contributed by atoms with Crippen LogP contribution in [0.2, 0.25) is 0 Å². The Morgan fingerprint density at radius 1 is 1.06 bits per heavy atom. The van der Waals surface area contributed by atoms with Crippen LogP contribution in [0.4, 0.5) is 0 Å². The zero-order valence-electron chi connectivity index (χ0n) is 11.2. The first kappa shape index (κ1) is 13.8. The van der Waals surface area contributed by atoms with E-state index in [1.807, 2.05) is 18.2 Å². The molecule has 0 aliphatic rings. The van der Waals surface area contributed by atoms with Gasteiger partial charge < -0.3 is 15.2 Å². The molecule has 0 aromatic heterocycles. The van der Waals surface area contributed by atoms with Gasteiger partial charge in [0.05, 0.1) is 14.2 Å². The molecular formula is C14H23NO2. The van der Waals surface area contributed by atoms with E-state index in [-0.39, 0.29) is 6.04 Å². The summed E-state index contributed by atoms with van der Waals surface area (Å²) in [5.74, 6) is 2.25. The van der Waals surface area contributed by atoms with Gasteiger partial charge in [0, 0.05) is 12.1 Å². The lowest BCUT2D eigenvalue weighted by Crippen LogP contribution is -2.24. The van der Waals surface area contributed by atoms with Crippen molar-refractivity contribution in [1.82, 2.24) is 0 Å². The van der Waals surface area contributed by atoms with Crippen molar-refractivity contribution >= 4 is 0 Å². The lowest BCUT2D eigenvalue weighted by atomic mass is 9.98. The first-order chi connectivity index (χ1) is 8.05. The van der Waals surface area contributed by atoms with Crippen molar-refractivity contribution in [3.63, 3.8) is 0 Å². The smallest absolute Gasteiger partial charge is 0.122 e. The Kier molecular flexibility index (Phi) is 5.29. The summed E-state index contributed by atoms with van der Waals surface area (Å²) in [4.78, 5) is 0. The van der Waals surface area contributed by atoms with Crippen molar-refractivity contribution in [3.05, 3.63) is 23.8 Å². The second-order valence-corrected chi connectivity index (χ2v) is 4.81. The van der Waals surface area contributed by atoms with Crippen LogP contribution in [0.1, 0.15) is 25.8 Å². The van der Waals surface area contributed by atoms with Gasteiger partial charge in [0.1, 0.15) is 11.5 Å². The second kappa shape index (κ2) is 6.50. The number of ether oxygens (including phenoxy) is 2. The quantitative estimate of drug-likeness (QED) is 0.827. The van der Waals surface area contributed by atoms with Gasteiger partial charge in [0.25, 0.3) is 0 Å². The molecular weight excluding hydrogens is 214 g/mol. The average molecular weight is 237 g/mol. The summed E-state index contributed by atoms with van der Waals surface area (Å²) in [6.45, 7) is 4.37. The van der Waals surface area contributed by atoms with Crippen LogP contribution in [-0.2, 0) is 6.42 Å². The highest BCUT2D eigenvalue weighted by Gasteiger charge is 2.09. The maximum Gasteiger partial charge on any atom is 0.122 e. The molecule has 1 atom stereocenters. The first-order valence-electron chi connectivity index (χ1n) is 6.02. The van der Waals surface area contributed by atoms with Gasteiger partial charge in [-0.15, -0.1) is 0 Å². The fraction of sp³-hybridized carbons (Fsp3) is 0.571. The highest BCUT2D eigenvalue weighted by atomic mass is 16.5. The van der Waals surface area contributed by atoms with Crippen LogP contribution in [0, 0.1) is 5.92 Å². The van der Waals surface area contributed by atoms with E-state index >= 15 is 0 Å². The van der Waals surface area contributed by atoms with Crippen molar-refractivity contribution in [2.24, 2.45) is 11.7 Å². The number of rotatable bonds is 6. The molecule has 0 aliphatic heterocycles. The van der Waals surface area contributed by atoms with E-state index in [0.29, 0.717) is 5.92 Å². The largest absolute Gasteiger partial charge is 0.497 e. The zero-order valence-corrected chi connectivity index (χ0v) is 11.2. The van der Waals surface area contributed by atoms with Gasteiger partial charge in [0.15, 0.2) is 0 Å². The fourth-order valence-corrected chi connectivity index (χ4v) is 1.98. The molecule has 0 radical (unpaired) electrons. The molecule has 0 spiro atoms. The zero-order chi connectivity index (χ0) is 12.8. The summed E-state index contributed by atoms with van der Waals surface area (Å²) >= 11 is 0. The third-order valence-corrected chi connectivity index (χ3v) is 2.68. The molecule has 2 N–H and O–H groups in total. The SMILES string of the molecule is COc1cc(CC(N)CC(C)C)cc(OC)c1. The first-order valence-corrected chi connectivity index (χ1v) is 6.02. The van der Waals surface area contributed by atoms with Gasteiger partial charge in [-0.1, -0.05) is 13.8 Å². The Morgan fingerprint density at radius 2 is 1.59 bits per heavy atom. The molecule has 1 aromatic carbocycles. The van der Waals surface area contributed by atoms with E-state index in [1.165, 1.54) is 0 Å². The molecule has 3 nitrogen and oxygen atoms in total. The normalized spacial score (nSPS) is 12.6. The Bertz CT molecular complexity index is 328. The van der Waals surface area contributed by atoms with Gasteiger partial charge in [-0.25, -0.2) is 0 Å². The van der Waals surface area contributed by atoms with E-state index < -0.39 is 0 Å². The molecule has 1 rings (SSSR count). The minimum absolute atomic E-state index is 0.187. The number of benzene rings is 1. The van der Waals surface area contributed by atoms with Crippen LogP contribution in [0.3, 0.4) is 0 Å². The Labute approximate surface area is 104 Å². The van der Waals surface area contributed by atoms with Crippen LogP contribution in [0.5, 0.6) is 11.5 Å². The van der Waals surface area contributed by atoms with E-state index in [2.05, 4.69) is 13.8 Å². The molecule has 17 heavy (non-hydrogen) atoms. The number of hydrogen-bond acceptors (Lipinski definition) is 3. The summed E-state index contributed by atoms with van der Waals surface area (Å²) in [6.07, 6.45) is 1.88. The number of methoxy groups -OCH3 is 2. The fourth-order valence-electron chi connectivity index (χ4n) is 1.98. The molecule has 96 valence electrons. The second-order valence-electron chi connectivity index (χ2n) is 4.81. The third kappa shape index (κ3) is 4.65. The van der Waals surface area contributed by atoms with Crippen molar-refractivity contribution in [3.8, 4) is 11.5 Å². The molecule has 0 amide bonds. The summed E-state index contributed by atoms with van der Waals surface area (Å²) in [7, 11) is 3.32. The molecule has 0 saturated heterocycles. The van der Waals surface area contributed by atoms with Gasteiger partial charge in [-0.2, -0.15) is 0 Å². The van der Waals surface area contributed by atoms with Crippen LogP contribution >= 0.6 is 0 Å². The lowest BCUT2D eigenvalue weighted by Gasteiger charge is -2.15.